The van der Waals surface area contributed by atoms with Crippen molar-refractivity contribution in [2.24, 2.45) is 0 Å². The van der Waals surface area contributed by atoms with E-state index in [9.17, 15) is 13.6 Å². The Bertz CT molecular complexity index is 1230. The van der Waals surface area contributed by atoms with Gasteiger partial charge in [0.25, 0.3) is 0 Å². The highest BCUT2D eigenvalue weighted by atomic mass is 19.3. The van der Waals surface area contributed by atoms with Gasteiger partial charge in [0.05, 0.1) is 11.2 Å². The molecule has 0 aliphatic carbocycles. The summed E-state index contributed by atoms with van der Waals surface area (Å²) in [5.74, 6) is -0.158. The number of carbonyl (C=O) groups excluding carboxylic acids is 1. The molecule has 0 fully saturated rings. The van der Waals surface area contributed by atoms with E-state index in [1.807, 2.05) is 49.4 Å². The second kappa shape index (κ2) is 8.67. The lowest BCUT2D eigenvalue weighted by atomic mass is 10.0. The number of ether oxygens (including phenoxy) is 1. The Morgan fingerprint density at radius 2 is 1.81 bits per heavy atom. The summed E-state index contributed by atoms with van der Waals surface area (Å²) >= 11 is 0. The van der Waals surface area contributed by atoms with Crippen LogP contribution in [0.5, 0.6) is 5.75 Å². The van der Waals surface area contributed by atoms with Gasteiger partial charge in [0.2, 0.25) is 0 Å². The van der Waals surface area contributed by atoms with Gasteiger partial charge < -0.3 is 15.4 Å². The molecule has 4 rings (SSSR count). The summed E-state index contributed by atoms with van der Waals surface area (Å²) in [5, 5.41) is 6.35. The summed E-state index contributed by atoms with van der Waals surface area (Å²) in [5.41, 5.74) is 4.69. The number of fused-ring (bicyclic) bond motifs is 1. The Hall–Kier alpha value is -4.18. The summed E-state index contributed by atoms with van der Waals surface area (Å²) in [6.07, 6.45) is 0. The quantitative estimate of drug-likeness (QED) is 0.415. The van der Waals surface area contributed by atoms with Gasteiger partial charge in [0.1, 0.15) is 0 Å². The molecule has 5 nitrogen and oxygen atoms in total. The van der Waals surface area contributed by atoms with Crippen molar-refractivity contribution >= 4 is 28.3 Å². The number of carbonyl (C=O) groups is 1. The average molecular weight is 417 g/mol. The molecule has 0 radical (unpaired) electrons. The second-order valence-corrected chi connectivity index (χ2v) is 6.76. The molecule has 0 spiro atoms. The van der Waals surface area contributed by atoms with Crippen molar-refractivity contribution in [2.45, 2.75) is 13.5 Å². The third kappa shape index (κ3) is 5.06. The zero-order valence-electron chi connectivity index (χ0n) is 16.4. The van der Waals surface area contributed by atoms with Gasteiger partial charge in [-0.25, -0.2) is 4.79 Å². The van der Waals surface area contributed by atoms with E-state index in [1.54, 1.807) is 6.07 Å². The van der Waals surface area contributed by atoms with E-state index in [0.29, 0.717) is 5.69 Å². The fourth-order valence-electron chi connectivity index (χ4n) is 3.08. The van der Waals surface area contributed by atoms with Crippen LogP contribution in [-0.4, -0.2) is 17.6 Å². The molecule has 4 aromatic rings. The first kappa shape index (κ1) is 20.1. The lowest BCUT2D eigenvalue weighted by Gasteiger charge is -2.09. The molecule has 0 saturated carbocycles. The van der Waals surface area contributed by atoms with Gasteiger partial charge >= 0.3 is 12.6 Å². The van der Waals surface area contributed by atoms with Crippen molar-refractivity contribution in [1.29, 1.82) is 0 Å². The number of hydrogen-bond acceptors (Lipinski definition) is 3. The largest absolute Gasteiger partial charge is 0.426 e. The van der Waals surface area contributed by atoms with Crippen LogP contribution in [0.2, 0.25) is 0 Å². The molecule has 0 saturated heterocycles. The summed E-state index contributed by atoms with van der Waals surface area (Å²) in [6, 6.07) is 24.6. The second-order valence-electron chi connectivity index (χ2n) is 6.76. The Morgan fingerprint density at radius 3 is 2.58 bits per heavy atom. The van der Waals surface area contributed by atoms with Gasteiger partial charge in [0.15, 0.2) is 5.75 Å². The first-order valence-electron chi connectivity index (χ1n) is 9.41. The maximum Gasteiger partial charge on any atom is 0.388 e. The highest BCUT2D eigenvalue weighted by molar-refractivity contribution is 6.00. The van der Waals surface area contributed by atoms with Crippen molar-refractivity contribution < 1.29 is 18.3 Å². The minimum atomic E-state index is -2.94. The van der Waals surface area contributed by atoms with Gasteiger partial charge in [0, 0.05) is 16.8 Å². The van der Waals surface area contributed by atoms with E-state index in [4.69, 9.17) is 0 Å². The molecule has 2 N–H and O–H groups in total. The zero-order chi connectivity index (χ0) is 21.8. The van der Waals surface area contributed by atoms with Crippen molar-refractivity contribution in [3.63, 3.8) is 0 Å². The molecule has 2 amide bonds. The van der Waals surface area contributed by atoms with Crippen LogP contribution in [0.4, 0.5) is 25.0 Å². The molecular formula is C24H17F2N3O2. The van der Waals surface area contributed by atoms with Gasteiger partial charge in [-0.1, -0.05) is 24.3 Å². The summed E-state index contributed by atoms with van der Waals surface area (Å²) in [7, 11) is 0. The Balaban J connectivity index is 1.46. The highest BCUT2D eigenvalue weighted by Crippen LogP contribution is 2.26. The zero-order valence-corrected chi connectivity index (χ0v) is 16.4. The smallest absolute Gasteiger partial charge is 0.388 e. The van der Waals surface area contributed by atoms with E-state index in [0.717, 1.165) is 27.7 Å². The predicted octanol–water partition coefficient (Wildman–Crippen LogP) is 6.06. The molecule has 1 heterocycles. The Labute approximate surface area is 177 Å². The van der Waals surface area contributed by atoms with Crippen LogP contribution in [0, 0.1) is 19.1 Å². The van der Waals surface area contributed by atoms with Crippen LogP contribution >= 0.6 is 0 Å². The lowest BCUT2D eigenvalue weighted by Crippen LogP contribution is -2.19. The molecule has 154 valence electrons. The van der Waals surface area contributed by atoms with E-state index < -0.39 is 12.6 Å². The molecule has 0 atom stereocenters. The van der Waals surface area contributed by atoms with Crippen LogP contribution in [-0.2, 0) is 0 Å². The number of alkyl halides is 2. The minimum absolute atomic E-state index is 0.158. The molecule has 0 aliphatic heterocycles. The van der Waals surface area contributed by atoms with Gasteiger partial charge in [-0.3, -0.25) is 4.98 Å². The number of hydrogen-bond donors (Lipinski definition) is 2. The maximum absolute atomic E-state index is 12.3. The van der Waals surface area contributed by atoms with E-state index in [1.165, 1.54) is 12.1 Å². The summed E-state index contributed by atoms with van der Waals surface area (Å²) in [4.78, 5) is 16.8. The van der Waals surface area contributed by atoms with Crippen LogP contribution in [0.25, 0.3) is 22.0 Å². The number of rotatable bonds is 5. The third-order valence-electron chi connectivity index (χ3n) is 4.47. The van der Waals surface area contributed by atoms with Crippen molar-refractivity contribution in [3.05, 3.63) is 84.6 Å². The molecule has 31 heavy (non-hydrogen) atoms. The summed E-state index contributed by atoms with van der Waals surface area (Å²) < 4.78 is 28.6. The number of aromatic nitrogens is 1. The molecule has 1 aromatic heterocycles. The number of nitrogens with one attached hydrogen (secondary N) is 2. The fraction of sp³-hybridized carbons (Fsp3) is 0.0833. The number of amides is 2. The van der Waals surface area contributed by atoms with Crippen molar-refractivity contribution in [2.75, 3.05) is 10.6 Å². The normalized spacial score (nSPS) is 10.6. The van der Waals surface area contributed by atoms with Crippen LogP contribution in [0.15, 0.2) is 66.7 Å². The monoisotopic (exact) mass is 417 g/mol. The third-order valence-corrected chi connectivity index (χ3v) is 4.47. The number of pyridine rings is 1. The molecule has 0 bridgehead atoms. The first-order chi connectivity index (χ1) is 15.0. The average Bonchev–Trinajstić information content (AvgIpc) is 2.74. The minimum Gasteiger partial charge on any atom is -0.426 e. The number of aryl methyl sites for hydroxylation is 1. The van der Waals surface area contributed by atoms with E-state index in [2.05, 4.69) is 38.6 Å². The van der Waals surface area contributed by atoms with Gasteiger partial charge in [-0.05, 0) is 72.6 Å². The SMILES string of the molecule is Cc1ccc2cc(-c3cccc(NC(=O)Nc4c#cc(OC(F)F)cc4)c3)ccc2n1. The van der Waals surface area contributed by atoms with Crippen molar-refractivity contribution in [3.8, 4) is 16.9 Å². The van der Waals surface area contributed by atoms with Crippen LogP contribution in [0.3, 0.4) is 0 Å². The number of benzene rings is 2. The van der Waals surface area contributed by atoms with E-state index >= 15 is 0 Å². The van der Waals surface area contributed by atoms with Gasteiger partial charge in [-0.2, -0.15) is 8.78 Å². The number of urea groups is 1. The molecule has 3 aromatic carbocycles. The summed E-state index contributed by atoms with van der Waals surface area (Å²) in [6.45, 7) is -0.989. The Morgan fingerprint density at radius 1 is 0.968 bits per heavy atom. The predicted molar refractivity (Wildman–Crippen MR) is 115 cm³/mol. The molecule has 7 heteroatoms. The fourth-order valence-corrected chi connectivity index (χ4v) is 3.08. The maximum atomic E-state index is 12.3. The Kier molecular flexibility index (Phi) is 5.63. The number of anilines is 2. The topological polar surface area (TPSA) is 63.2 Å². The van der Waals surface area contributed by atoms with Crippen LogP contribution in [0.1, 0.15) is 5.69 Å². The molecule has 0 aliphatic rings. The van der Waals surface area contributed by atoms with Crippen LogP contribution < -0.4 is 15.4 Å². The van der Waals surface area contributed by atoms with Gasteiger partial charge in [-0.15, -0.1) is 0 Å². The highest BCUT2D eigenvalue weighted by Gasteiger charge is 2.07. The lowest BCUT2D eigenvalue weighted by molar-refractivity contribution is -0.0498. The first-order valence-corrected chi connectivity index (χ1v) is 9.41. The molecular weight excluding hydrogens is 400 g/mol. The molecule has 0 unspecified atom stereocenters. The number of nitrogens with zero attached hydrogens (tertiary/aromatic N) is 1. The standard InChI is InChI=1S/C24H17F2N3O2/c1-15-5-6-18-13-17(7-12-22(18)27-15)16-3-2-4-20(14-16)29-24(30)28-19-8-10-21(11-9-19)31-23(25)26/h2-8,10,12-14,23H,1H3,(H2,28,29,30). The van der Waals surface area contributed by atoms with Crippen molar-refractivity contribution in [1.82, 2.24) is 4.98 Å². The number of halogens is 2. The van der Waals surface area contributed by atoms with E-state index in [-0.39, 0.29) is 11.4 Å².